The molecule has 1 aliphatic rings. The Kier molecular flexibility index (Phi) is 5.18. The number of aliphatic hydroxyl groups is 4. The van der Waals surface area contributed by atoms with Crippen LogP contribution in [0.2, 0.25) is 0 Å². The van der Waals surface area contributed by atoms with E-state index in [0.717, 1.165) is 0 Å². The Labute approximate surface area is 126 Å². The van der Waals surface area contributed by atoms with Gasteiger partial charge in [-0.25, -0.2) is 0 Å². The minimum Gasteiger partial charge on any atom is -0.504 e. The SMILES string of the molecule is N#CCc1ccc(O)c(O[C@@H]2O[C@H](CO)[C@@H](O)[C@H](O)[C@H]2O)c1. The summed E-state index contributed by atoms with van der Waals surface area (Å²) >= 11 is 0. The number of rotatable bonds is 4. The molecule has 0 unspecified atom stereocenters. The molecule has 5 atom stereocenters. The number of aromatic hydroxyl groups is 1. The van der Waals surface area contributed by atoms with Gasteiger partial charge in [0, 0.05) is 0 Å². The molecule has 8 heteroatoms. The van der Waals surface area contributed by atoms with Gasteiger partial charge in [-0.2, -0.15) is 5.26 Å². The average Bonchev–Trinajstić information content (AvgIpc) is 2.51. The van der Waals surface area contributed by atoms with E-state index in [2.05, 4.69) is 0 Å². The van der Waals surface area contributed by atoms with Crippen LogP contribution in [0.3, 0.4) is 0 Å². The molecule has 0 aliphatic carbocycles. The van der Waals surface area contributed by atoms with Crippen molar-refractivity contribution in [3.8, 4) is 17.6 Å². The van der Waals surface area contributed by atoms with E-state index in [1.165, 1.54) is 12.1 Å². The minimum absolute atomic E-state index is 0.0444. The van der Waals surface area contributed by atoms with Crippen molar-refractivity contribution >= 4 is 0 Å². The second-order valence-corrected chi connectivity index (χ2v) is 4.95. The van der Waals surface area contributed by atoms with Crippen LogP contribution in [-0.4, -0.2) is 62.8 Å². The molecule has 0 bridgehead atoms. The van der Waals surface area contributed by atoms with Gasteiger partial charge in [0.25, 0.3) is 0 Å². The third kappa shape index (κ3) is 3.30. The minimum atomic E-state index is -1.57. The van der Waals surface area contributed by atoms with Gasteiger partial charge in [0.1, 0.15) is 24.4 Å². The van der Waals surface area contributed by atoms with E-state index in [9.17, 15) is 20.4 Å². The molecule has 1 heterocycles. The van der Waals surface area contributed by atoms with Crippen LogP contribution in [0.4, 0.5) is 0 Å². The first kappa shape index (κ1) is 16.5. The van der Waals surface area contributed by atoms with Crippen LogP contribution in [0, 0.1) is 11.3 Å². The fourth-order valence-corrected chi connectivity index (χ4v) is 2.14. The smallest absolute Gasteiger partial charge is 0.229 e. The number of aliphatic hydroxyl groups excluding tert-OH is 4. The fourth-order valence-electron chi connectivity index (χ4n) is 2.14. The van der Waals surface area contributed by atoms with Crippen LogP contribution in [0.25, 0.3) is 0 Å². The largest absolute Gasteiger partial charge is 0.504 e. The Hall–Kier alpha value is -1.89. The van der Waals surface area contributed by atoms with E-state index in [4.69, 9.17) is 19.8 Å². The Bertz CT molecular complexity index is 557. The lowest BCUT2D eigenvalue weighted by molar-refractivity contribution is -0.277. The first-order chi connectivity index (χ1) is 10.5. The van der Waals surface area contributed by atoms with Crippen molar-refractivity contribution in [1.82, 2.24) is 0 Å². The van der Waals surface area contributed by atoms with Gasteiger partial charge in [-0.1, -0.05) is 6.07 Å². The molecule has 1 fully saturated rings. The second-order valence-electron chi connectivity index (χ2n) is 4.95. The van der Waals surface area contributed by atoms with Crippen molar-refractivity contribution in [1.29, 1.82) is 5.26 Å². The van der Waals surface area contributed by atoms with Crippen LogP contribution in [0.1, 0.15) is 5.56 Å². The van der Waals surface area contributed by atoms with Crippen LogP contribution in [-0.2, 0) is 11.2 Å². The van der Waals surface area contributed by atoms with Crippen molar-refractivity contribution in [2.24, 2.45) is 0 Å². The van der Waals surface area contributed by atoms with E-state index in [-0.39, 0.29) is 17.9 Å². The number of benzene rings is 1. The number of ether oxygens (including phenoxy) is 2. The summed E-state index contributed by atoms with van der Waals surface area (Å²) in [5, 5.41) is 56.7. The molecule has 8 nitrogen and oxygen atoms in total. The van der Waals surface area contributed by atoms with E-state index in [1.807, 2.05) is 6.07 Å². The molecule has 1 aromatic carbocycles. The maximum Gasteiger partial charge on any atom is 0.229 e. The van der Waals surface area contributed by atoms with Crippen molar-refractivity contribution in [2.75, 3.05) is 6.61 Å². The Morgan fingerprint density at radius 2 is 1.91 bits per heavy atom. The molecule has 2 rings (SSSR count). The summed E-state index contributed by atoms with van der Waals surface area (Å²) < 4.78 is 10.5. The molecular weight excluding hydrogens is 294 g/mol. The molecule has 120 valence electrons. The highest BCUT2D eigenvalue weighted by Gasteiger charge is 2.44. The van der Waals surface area contributed by atoms with Crippen molar-refractivity contribution in [3.05, 3.63) is 23.8 Å². The van der Waals surface area contributed by atoms with Crippen LogP contribution in [0.5, 0.6) is 11.5 Å². The highest BCUT2D eigenvalue weighted by molar-refractivity contribution is 5.42. The molecule has 0 saturated carbocycles. The summed E-state index contributed by atoms with van der Waals surface area (Å²) in [6, 6.07) is 6.22. The molecule has 0 spiro atoms. The number of phenolic OH excluding ortho intramolecular Hbond substituents is 1. The molecule has 22 heavy (non-hydrogen) atoms. The van der Waals surface area contributed by atoms with E-state index < -0.39 is 37.3 Å². The van der Waals surface area contributed by atoms with Gasteiger partial charge < -0.3 is 35.0 Å². The lowest BCUT2D eigenvalue weighted by Crippen LogP contribution is -2.60. The first-order valence-electron chi connectivity index (χ1n) is 6.64. The standard InChI is InChI=1S/C14H17NO7/c15-4-3-7-1-2-8(17)9(5-7)21-14-13(20)12(19)11(18)10(6-16)22-14/h1-2,5,10-14,16-20H,3,6H2/t10-,11-,12+,13-,14-/m1/s1. The summed E-state index contributed by atoms with van der Waals surface area (Å²) in [5.41, 5.74) is 0.583. The van der Waals surface area contributed by atoms with Gasteiger partial charge in [0.15, 0.2) is 11.5 Å². The average molecular weight is 311 g/mol. The van der Waals surface area contributed by atoms with Gasteiger partial charge in [0.2, 0.25) is 6.29 Å². The van der Waals surface area contributed by atoms with E-state index in [1.54, 1.807) is 6.07 Å². The summed E-state index contributed by atoms with van der Waals surface area (Å²) in [4.78, 5) is 0. The number of nitrogens with zero attached hydrogens (tertiary/aromatic N) is 1. The zero-order chi connectivity index (χ0) is 16.3. The van der Waals surface area contributed by atoms with Crippen molar-refractivity contribution in [3.63, 3.8) is 0 Å². The normalized spacial score (nSPS) is 31.5. The van der Waals surface area contributed by atoms with Crippen molar-refractivity contribution in [2.45, 2.75) is 37.1 Å². The quantitative estimate of drug-likeness (QED) is 0.458. The molecule has 1 saturated heterocycles. The van der Waals surface area contributed by atoms with Crippen molar-refractivity contribution < 1.29 is 35.0 Å². The fraction of sp³-hybridized carbons (Fsp3) is 0.500. The molecule has 1 aromatic rings. The monoisotopic (exact) mass is 311 g/mol. The van der Waals surface area contributed by atoms with Gasteiger partial charge in [-0.15, -0.1) is 0 Å². The maximum absolute atomic E-state index is 9.87. The molecule has 1 aliphatic heterocycles. The highest BCUT2D eigenvalue weighted by atomic mass is 16.7. The maximum atomic E-state index is 9.87. The first-order valence-corrected chi connectivity index (χ1v) is 6.64. The van der Waals surface area contributed by atoms with E-state index >= 15 is 0 Å². The van der Waals surface area contributed by atoms with Crippen LogP contribution in [0.15, 0.2) is 18.2 Å². The third-order valence-corrected chi connectivity index (χ3v) is 3.40. The number of nitriles is 1. The molecule has 0 amide bonds. The van der Waals surface area contributed by atoms with Gasteiger partial charge >= 0.3 is 0 Å². The Morgan fingerprint density at radius 1 is 1.18 bits per heavy atom. The Morgan fingerprint density at radius 3 is 2.55 bits per heavy atom. The lowest BCUT2D eigenvalue weighted by Gasteiger charge is -2.39. The third-order valence-electron chi connectivity index (χ3n) is 3.40. The summed E-state index contributed by atoms with van der Waals surface area (Å²) in [6.45, 7) is -0.578. The second kappa shape index (κ2) is 6.91. The molecular formula is C14H17NO7. The van der Waals surface area contributed by atoms with E-state index in [0.29, 0.717) is 5.56 Å². The van der Waals surface area contributed by atoms with Gasteiger partial charge in [0.05, 0.1) is 19.1 Å². The predicted octanol–water partition coefficient (Wildman–Crippen LogP) is -1.36. The zero-order valence-electron chi connectivity index (χ0n) is 11.5. The van der Waals surface area contributed by atoms with Crippen LogP contribution < -0.4 is 4.74 Å². The zero-order valence-corrected chi connectivity index (χ0v) is 11.5. The molecule has 5 N–H and O–H groups in total. The Balaban J connectivity index is 2.18. The summed E-state index contributed by atoms with van der Waals surface area (Å²) in [7, 11) is 0. The number of phenols is 1. The molecule has 0 aromatic heterocycles. The lowest BCUT2D eigenvalue weighted by atomic mass is 9.99. The topological polar surface area (TPSA) is 143 Å². The summed E-state index contributed by atoms with van der Waals surface area (Å²) in [5.74, 6) is -0.282. The molecule has 0 radical (unpaired) electrons. The van der Waals surface area contributed by atoms with Gasteiger partial charge in [-0.3, -0.25) is 0 Å². The summed E-state index contributed by atoms with van der Waals surface area (Å²) in [6.07, 6.45) is -7.02. The van der Waals surface area contributed by atoms with Crippen LogP contribution >= 0.6 is 0 Å². The number of hydrogen-bond donors (Lipinski definition) is 5. The highest BCUT2D eigenvalue weighted by Crippen LogP contribution is 2.31. The number of hydrogen-bond acceptors (Lipinski definition) is 8. The predicted molar refractivity (Wildman–Crippen MR) is 71.8 cm³/mol. The van der Waals surface area contributed by atoms with Gasteiger partial charge in [-0.05, 0) is 17.7 Å².